The predicted molar refractivity (Wildman–Crippen MR) is 80.5 cm³/mol. The molecule has 0 radical (unpaired) electrons. The Morgan fingerprint density at radius 3 is 2.38 bits per heavy atom. The maximum absolute atomic E-state index is 12.2. The lowest BCUT2D eigenvalue weighted by atomic mass is 10.1. The van der Waals surface area contributed by atoms with E-state index in [1.165, 1.54) is 0 Å². The van der Waals surface area contributed by atoms with Crippen LogP contribution in [-0.4, -0.2) is 14.3 Å². The average Bonchev–Trinajstić information content (AvgIpc) is 2.47. The molecular weight excluding hydrogens is 286 g/mol. The van der Waals surface area contributed by atoms with Gasteiger partial charge in [0.05, 0.1) is 4.90 Å². The molecule has 0 spiro atoms. The van der Waals surface area contributed by atoms with Crippen LogP contribution in [0.4, 0.5) is 5.69 Å². The lowest BCUT2D eigenvalue weighted by Crippen LogP contribution is -2.21. The van der Waals surface area contributed by atoms with Crippen molar-refractivity contribution in [1.29, 1.82) is 0 Å². The van der Waals surface area contributed by atoms with Crippen molar-refractivity contribution < 1.29 is 13.2 Å². The smallest absolute Gasteiger partial charge is 0.252 e. The fourth-order valence-corrected chi connectivity index (χ4v) is 3.76. The van der Waals surface area contributed by atoms with Crippen LogP contribution in [0.5, 0.6) is 0 Å². The van der Waals surface area contributed by atoms with Crippen molar-refractivity contribution in [3.63, 3.8) is 0 Å². The van der Waals surface area contributed by atoms with Gasteiger partial charge in [0.15, 0.2) is 0 Å². The summed E-state index contributed by atoms with van der Waals surface area (Å²) in [5.41, 5.74) is 1.54. The second-order valence-corrected chi connectivity index (χ2v) is 6.56. The van der Waals surface area contributed by atoms with E-state index >= 15 is 0 Å². The van der Waals surface area contributed by atoms with E-state index in [0.717, 1.165) is 5.41 Å². The second-order valence-electron chi connectivity index (χ2n) is 4.79. The van der Waals surface area contributed by atoms with E-state index in [9.17, 15) is 13.2 Å². The summed E-state index contributed by atoms with van der Waals surface area (Å²) in [6, 6.07) is 15.7. The Kier molecular flexibility index (Phi) is 3.35. The van der Waals surface area contributed by atoms with Gasteiger partial charge >= 0.3 is 0 Å². The molecule has 0 fully saturated rings. The summed E-state index contributed by atoms with van der Waals surface area (Å²) in [5, 5.41) is 3.77. The Bertz CT molecular complexity index is 824. The molecule has 0 saturated carbocycles. The van der Waals surface area contributed by atoms with Gasteiger partial charge in [-0.15, -0.1) is 0 Å². The van der Waals surface area contributed by atoms with Crippen LogP contribution in [-0.2, 0) is 21.1 Å². The lowest BCUT2D eigenvalue weighted by Gasteiger charge is -2.16. The minimum absolute atomic E-state index is 0.248. The molecule has 4 nitrogen and oxygen atoms in total. The molecule has 3 rings (SSSR count). The Morgan fingerprint density at radius 1 is 0.952 bits per heavy atom. The van der Waals surface area contributed by atoms with Crippen molar-refractivity contribution in [2.75, 3.05) is 5.32 Å². The van der Waals surface area contributed by atoms with Crippen LogP contribution in [0.15, 0.2) is 70.5 Å². The summed E-state index contributed by atoms with van der Waals surface area (Å²) < 4.78 is 24.4. The SMILES string of the molecule is O=C(Nc1ccccc1)C1=CS(=O)(=O)c2ccccc2C1. The maximum atomic E-state index is 12.2. The van der Waals surface area contributed by atoms with E-state index in [1.807, 2.05) is 6.07 Å². The molecule has 21 heavy (non-hydrogen) atoms. The van der Waals surface area contributed by atoms with Gasteiger partial charge in [0.1, 0.15) is 0 Å². The van der Waals surface area contributed by atoms with Gasteiger partial charge in [-0.25, -0.2) is 8.42 Å². The number of fused-ring (bicyclic) bond motifs is 1. The second kappa shape index (κ2) is 5.18. The van der Waals surface area contributed by atoms with E-state index in [-0.39, 0.29) is 16.4 Å². The predicted octanol–water partition coefficient (Wildman–Crippen LogP) is 2.54. The highest BCUT2D eigenvalue weighted by Crippen LogP contribution is 2.27. The normalized spacial score (nSPS) is 15.7. The van der Waals surface area contributed by atoms with Crippen LogP contribution in [0, 0.1) is 0 Å². The van der Waals surface area contributed by atoms with Gasteiger partial charge in [-0.2, -0.15) is 0 Å². The summed E-state index contributed by atoms with van der Waals surface area (Å²) in [5.74, 6) is -0.390. The summed E-state index contributed by atoms with van der Waals surface area (Å²) in [4.78, 5) is 12.5. The van der Waals surface area contributed by atoms with Gasteiger partial charge < -0.3 is 5.32 Å². The molecule has 0 atom stereocenters. The fraction of sp³-hybridized carbons (Fsp3) is 0.0625. The molecule has 1 aliphatic heterocycles. The molecule has 2 aromatic carbocycles. The zero-order chi connectivity index (χ0) is 14.9. The Morgan fingerprint density at radius 2 is 1.62 bits per heavy atom. The summed E-state index contributed by atoms with van der Waals surface area (Å²) in [7, 11) is -3.55. The van der Waals surface area contributed by atoms with Gasteiger partial charge in [-0.3, -0.25) is 4.79 Å². The molecule has 1 N–H and O–H groups in total. The van der Waals surface area contributed by atoms with E-state index in [1.54, 1.807) is 48.5 Å². The number of carbonyl (C=O) groups is 1. The molecule has 0 unspecified atom stereocenters. The number of nitrogens with one attached hydrogen (secondary N) is 1. The Labute approximate surface area is 123 Å². The fourth-order valence-electron chi connectivity index (χ4n) is 2.29. The quantitative estimate of drug-likeness (QED) is 0.927. The van der Waals surface area contributed by atoms with Gasteiger partial charge in [0.2, 0.25) is 9.84 Å². The van der Waals surface area contributed by atoms with E-state index in [0.29, 0.717) is 17.7 Å². The van der Waals surface area contributed by atoms with E-state index in [2.05, 4.69) is 5.32 Å². The van der Waals surface area contributed by atoms with Crippen LogP contribution in [0.2, 0.25) is 0 Å². The Hall–Kier alpha value is -2.40. The van der Waals surface area contributed by atoms with Crippen LogP contribution in [0.1, 0.15) is 5.56 Å². The highest BCUT2D eigenvalue weighted by molar-refractivity contribution is 7.94. The van der Waals surface area contributed by atoms with Crippen LogP contribution in [0.25, 0.3) is 0 Å². The van der Waals surface area contributed by atoms with Crippen molar-refractivity contribution in [3.05, 3.63) is 71.1 Å². The monoisotopic (exact) mass is 299 g/mol. The largest absolute Gasteiger partial charge is 0.322 e. The first kappa shape index (κ1) is 13.6. The van der Waals surface area contributed by atoms with Crippen LogP contribution >= 0.6 is 0 Å². The van der Waals surface area contributed by atoms with Crippen LogP contribution in [0.3, 0.4) is 0 Å². The van der Waals surface area contributed by atoms with Crippen LogP contribution < -0.4 is 5.32 Å². The number of hydrogen-bond acceptors (Lipinski definition) is 3. The van der Waals surface area contributed by atoms with Gasteiger partial charge in [-0.05, 0) is 23.8 Å². The molecule has 5 heteroatoms. The first-order valence-electron chi connectivity index (χ1n) is 6.46. The summed E-state index contributed by atoms with van der Waals surface area (Å²) in [6.45, 7) is 0. The topological polar surface area (TPSA) is 63.2 Å². The lowest BCUT2D eigenvalue weighted by molar-refractivity contribution is -0.112. The molecule has 0 aliphatic carbocycles. The molecule has 1 heterocycles. The highest BCUT2D eigenvalue weighted by atomic mass is 32.2. The number of rotatable bonds is 2. The first-order chi connectivity index (χ1) is 10.1. The molecule has 1 aliphatic rings. The maximum Gasteiger partial charge on any atom is 0.252 e. The molecule has 0 aromatic heterocycles. The highest BCUT2D eigenvalue weighted by Gasteiger charge is 2.26. The average molecular weight is 299 g/mol. The third-order valence-electron chi connectivity index (χ3n) is 3.28. The molecule has 0 saturated heterocycles. The minimum atomic E-state index is -3.55. The number of benzene rings is 2. The molecule has 1 amide bonds. The van der Waals surface area contributed by atoms with Gasteiger partial charge in [0, 0.05) is 23.1 Å². The zero-order valence-corrected chi connectivity index (χ0v) is 11.9. The molecule has 106 valence electrons. The zero-order valence-electron chi connectivity index (χ0n) is 11.1. The number of para-hydroxylation sites is 1. The molecule has 2 aromatic rings. The number of anilines is 1. The number of sulfone groups is 1. The number of hydrogen-bond donors (Lipinski definition) is 1. The number of carbonyl (C=O) groups excluding carboxylic acids is 1. The van der Waals surface area contributed by atoms with Crippen molar-refractivity contribution in [3.8, 4) is 0 Å². The van der Waals surface area contributed by atoms with E-state index < -0.39 is 9.84 Å². The third-order valence-corrected chi connectivity index (χ3v) is 4.89. The molecular formula is C16H13NO3S. The Balaban J connectivity index is 1.91. The van der Waals surface area contributed by atoms with Gasteiger partial charge in [-0.1, -0.05) is 36.4 Å². The number of amides is 1. The van der Waals surface area contributed by atoms with Gasteiger partial charge in [0.25, 0.3) is 5.91 Å². The van der Waals surface area contributed by atoms with Crippen molar-refractivity contribution in [2.24, 2.45) is 0 Å². The standard InChI is InChI=1S/C16H13NO3S/c18-16(17-14-7-2-1-3-8-14)13-10-12-6-4-5-9-15(12)21(19,20)11-13/h1-9,11H,10H2,(H,17,18). The van der Waals surface area contributed by atoms with Crippen molar-refractivity contribution in [2.45, 2.75) is 11.3 Å². The first-order valence-corrected chi connectivity index (χ1v) is 8.01. The van der Waals surface area contributed by atoms with E-state index in [4.69, 9.17) is 0 Å². The van der Waals surface area contributed by atoms with Crippen molar-refractivity contribution in [1.82, 2.24) is 0 Å². The summed E-state index contributed by atoms with van der Waals surface area (Å²) >= 11 is 0. The summed E-state index contributed by atoms with van der Waals surface area (Å²) in [6.07, 6.45) is 0.314. The van der Waals surface area contributed by atoms with Crippen molar-refractivity contribution >= 4 is 21.4 Å². The third kappa shape index (κ3) is 2.73. The molecule has 0 bridgehead atoms. The minimum Gasteiger partial charge on any atom is -0.322 e.